The summed E-state index contributed by atoms with van der Waals surface area (Å²) in [6.45, 7) is 16.4. The van der Waals surface area contributed by atoms with Crippen LogP contribution in [0.3, 0.4) is 0 Å². The summed E-state index contributed by atoms with van der Waals surface area (Å²) in [6.07, 6.45) is 0. The van der Waals surface area contributed by atoms with Gasteiger partial charge in [0.1, 0.15) is 0 Å². The Morgan fingerprint density at radius 2 is 0.733 bits per heavy atom. The summed E-state index contributed by atoms with van der Waals surface area (Å²) in [5.41, 5.74) is 5.35. The Bertz CT molecular complexity index is 42.1. The van der Waals surface area contributed by atoms with Crippen molar-refractivity contribution in [2.75, 3.05) is 0 Å². The Balaban J connectivity index is -0.0000000120. The van der Waals surface area contributed by atoms with E-state index in [9.17, 15) is 0 Å². The van der Waals surface area contributed by atoms with E-state index in [-0.39, 0.29) is 35.2 Å². The Hall–Kier alpha value is -0.0400. The van der Waals surface area contributed by atoms with Crippen LogP contribution in [-0.4, -0.2) is 5.54 Å². The summed E-state index contributed by atoms with van der Waals surface area (Å²) in [5.74, 6) is 0.833. The summed E-state index contributed by atoms with van der Waals surface area (Å²) in [7, 11) is 0. The Morgan fingerprint density at radius 1 is 0.733 bits per heavy atom. The van der Waals surface area contributed by atoms with E-state index in [4.69, 9.17) is 5.73 Å². The fraction of sp³-hybridized carbons (Fsp3) is 1.00. The molecule has 0 unspecified atom stereocenters. The minimum Gasteiger partial charge on any atom is -0.326 e. The van der Waals surface area contributed by atoms with Crippen LogP contribution in [0.1, 0.15) is 85.1 Å². The maximum Gasteiger partial charge on any atom is 0.00686 e. The number of nitrogens with two attached hydrogens (primary N) is 1. The van der Waals surface area contributed by atoms with Crippen LogP contribution in [0.4, 0.5) is 0 Å². The largest absolute Gasteiger partial charge is 0.326 e. The molecular weight excluding hydrogens is 182 g/mol. The van der Waals surface area contributed by atoms with Gasteiger partial charge in [0.25, 0.3) is 0 Å². The standard InChI is InChI=1S/C4H11N.C4H10.C2H6.4CH4/c1-4(2,3)5;1-4(2)3;1-2;;;;/h5H2,1-3H3;4H,1-3H3;1-2H3;4*1H4. The average Bonchev–Trinajstić information content (AvgIpc) is 1.63. The monoisotopic (exact) mass is 225 g/mol. The van der Waals surface area contributed by atoms with E-state index in [1.807, 2.05) is 34.6 Å². The predicted molar refractivity (Wildman–Crippen MR) is 82.7 cm³/mol. The topological polar surface area (TPSA) is 26.0 Å². The molecule has 1 heteroatoms. The lowest BCUT2D eigenvalue weighted by atomic mass is 10.1. The lowest BCUT2D eigenvalue weighted by molar-refractivity contribution is 0.580. The van der Waals surface area contributed by atoms with Gasteiger partial charge in [0.15, 0.2) is 0 Å². The van der Waals surface area contributed by atoms with Gasteiger partial charge in [0, 0.05) is 5.54 Å². The number of hydrogen-bond donors (Lipinski definition) is 1. The summed E-state index contributed by atoms with van der Waals surface area (Å²) in [6, 6.07) is 0. The minimum atomic E-state index is 0. The highest BCUT2D eigenvalue weighted by molar-refractivity contribution is 4.60. The molecule has 0 saturated heterocycles. The van der Waals surface area contributed by atoms with E-state index in [0.29, 0.717) is 0 Å². The van der Waals surface area contributed by atoms with Gasteiger partial charge in [0.2, 0.25) is 0 Å². The molecule has 0 bridgehead atoms. The molecule has 0 saturated carbocycles. The van der Waals surface area contributed by atoms with Crippen molar-refractivity contribution < 1.29 is 0 Å². The molecule has 0 rings (SSSR count). The van der Waals surface area contributed by atoms with Crippen LogP contribution in [-0.2, 0) is 0 Å². The second-order valence-corrected chi connectivity index (χ2v) is 4.10. The molecule has 0 amide bonds. The third-order valence-corrected chi connectivity index (χ3v) is 0. The van der Waals surface area contributed by atoms with Gasteiger partial charge < -0.3 is 5.73 Å². The van der Waals surface area contributed by atoms with Crippen molar-refractivity contribution in [3.05, 3.63) is 0 Å². The highest BCUT2D eigenvalue weighted by atomic mass is 14.7. The van der Waals surface area contributed by atoms with Gasteiger partial charge in [-0.25, -0.2) is 0 Å². The van der Waals surface area contributed by atoms with Gasteiger partial charge in [-0.2, -0.15) is 0 Å². The highest BCUT2D eigenvalue weighted by Gasteiger charge is 1.95. The molecule has 0 aliphatic rings. The van der Waals surface area contributed by atoms with Crippen molar-refractivity contribution in [1.82, 2.24) is 0 Å². The smallest absolute Gasteiger partial charge is 0.00686 e. The van der Waals surface area contributed by atoms with Crippen molar-refractivity contribution in [1.29, 1.82) is 0 Å². The number of hydrogen-bond acceptors (Lipinski definition) is 1. The van der Waals surface area contributed by atoms with Crippen LogP contribution < -0.4 is 5.73 Å². The third-order valence-electron chi connectivity index (χ3n) is 0. The molecule has 104 valence electrons. The lowest BCUT2D eigenvalue weighted by Crippen LogP contribution is -2.26. The van der Waals surface area contributed by atoms with Crippen LogP contribution in [0.2, 0.25) is 0 Å². The van der Waals surface area contributed by atoms with Gasteiger partial charge in [-0.3, -0.25) is 0 Å². The molecular formula is C14H43N. The highest BCUT2D eigenvalue weighted by Crippen LogP contribution is 1.88. The van der Waals surface area contributed by atoms with Crippen LogP contribution in [0.5, 0.6) is 0 Å². The second-order valence-electron chi connectivity index (χ2n) is 4.10. The quantitative estimate of drug-likeness (QED) is 0.539. The molecule has 1 nitrogen and oxygen atoms in total. The van der Waals surface area contributed by atoms with E-state index in [1.165, 1.54) is 0 Å². The van der Waals surface area contributed by atoms with Crippen molar-refractivity contribution >= 4 is 0 Å². The molecule has 0 aliphatic carbocycles. The first kappa shape index (κ1) is 46.0. The normalized spacial score (nSPS) is 6.80. The molecule has 0 aromatic rings. The van der Waals surface area contributed by atoms with Crippen LogP contribution in [0, 0.1) is 5.92 Å². The fourth-order valence-corrected chi connectivity index (χ4v) is 0. The van der Waals surface area contributed by atoms with E-state index in [2.05, 4.69) is 20.8 Å². The number of rotatable bonds is 0. The first-order valence-electron chi connectivity index (χ1n) is 4.52. The predicted octanol–water partition coefficient (Wildman–Crippen LogP) is 5.98. The fourth-order valence-electron chi connectivity index (χ4n) is 0. The third kappa shape index (κ3) is 1250000. The van der Waals surface area contributed by atoms with Crippen LogP contribution in [0.25, 0.3) is 0 Å². The molecule has 0 aromatic carbocycles. The van der Waals surface area contributed by atoms with E-state index in [0.717, 1.165) is 5.92 Å². The summed E-state index contributed by atoms with van der Waals surface area (Å²) in [5, 5.41) is 0. The van der Waals surface area contributed by atoms with E-state index < -0.39 is 0 Å². The van der Waals surface area contributed by atoms with E-state index >= 15 is 0 Å². The minimum absolute atomic E-state index is 0. The Morgan fingerprint density at radius 3 is 0.733 bits per heavy atom. The van der Waals surface area contributed by atoms with Crippen molar-refractivity contribution in [3.63, 3.8) is 0 Å². The molecule has 0 fully saturated rings. The summed E-state index contributed by atoms with van der Waals surface area (Å²) < 4.78 is 0. The molecule has 0 radical (unpaired) electrons. The summed E-state index contributed by atoms with van der Waals surface area (Å²) >= 11 is 0. The van der Waals surface area contributed by atoms with Gasteiger partial charge in [-0.15, -0.1) is 0 Å². The molecule has 0 spiro atoms. The SMILES string of the molecule is C.C.C.C.CC.CC(C)(C)N.CC(C)C. The van der Waals surface area contributed by atoms with Crippen LogP contribution in [0.15, 0.2) is 0 Å². The zero-order valence-electron chi connectivity index (χ0n) is 9.65. The maximum atomic E-state index is 5.35. The maximum absolute atomic E-state index is 5.35. The molecule has 2 N–H and O–H groups in total. The molecule has 0 atom stereocenters. The zero-order valence-corrected chi connectivity index (χ0v) is 9.65. The second kappa shape index (κ2) is 29.2. The first-order chi connectivity index (χ1) is 4.73. The Kier molecular flexibility index (Phi) is 89.6. The summed E-state index contributed by atoms with van der Waals surface area (Å²) in [4.78, 5) is 0. The van der Waals surface area contributed by atoms with Gasteiger partial charge in [0.05, 0.1) is 0 Å². The lowest BCUT2D eigenvalue weighted by Gasteiger charge is -2.06. The molecule has 0 aromatic heterocycles. The van der Waals surface area contributed by atoms with Crippen LogP contribution >= 0.6 is 0 Å². The van der Waals surface area contributed by atoms with E-state index in [1.54, 1.807) is 0 Å². The van der Waals surface area contributed by atoms with Crippen molar-refractivity contribution in [2.24, 2.45) is 11.7 Å². The molecule has 0 heterocycles. The zero-order chi connectivity index (χ0) is 10.1. The van der Waals surface area contributed by atoms with Crippen molar-refractivity contribution in [2.45, 2.75) is 90.6 Å². The van der Waals surface area contributed by atoms with Gasteiger partial charge >= 0.3 is 0 Å². The first-order valence-corrected chi connectivity index (χ1v) is 4.52. The Labute approximate surface area is 103 Å². The van der Waals surface area contributed by atoms with Gasteiger partial charge in [-0.1, -0.05) is 64.3 Å². The average molecular weight is 226 g/mol. The molecule has 0 aliphatic heterocycles. The molecule has 15 heavy (non-hydrogen) atoms. The van der Waals surface area contributed by atoms with Crippen molar-refractivity contribution in [3.8, 4) is 0 Å². The van der Waals surface area contributed by atoms with Gasteiger partial charge in [-0.05, 0) is 26.7 Å².